The Bertz CT molecular complexity index is 611. The van der Waals surface area contributed by atoms with E-state index in [2.05, 4.69) is 4.74 Å². The van der Waals surface area contributed by atoms with Crippen molar-refractivity contribution in [2.24, 2.45) is 5.92 Å². The van der Waals surface area contributed by atoms with Gasteiger partial charge < -0.3 is 4.74 Å². The number of carbonyl (C=O) groups excluding carboxylic acids is 1. The van der Waals surface area contributed by atoms with Crippen molar-refractivity contribution in [2.75, 3.05) is 0 Å². The van der Waals surface area contributed by atoms with E-state index in [9.17, 15) is 18.0 Å². The van der Waals surface area contributed by atoms with Gasteiger partial charge in [0.25, 0.3) is 0 Å². The first-order valence-corrected chi connectivity index (χ1v) is 7.56. The van der Waals surface area contributed by atoms with Crippen LogP contribution in [0.4, 0.5) is 13.2 Å². The molecule has 0 atom stereocenters. The molecule has 1 fully saturated rings. The molecule has 2 aliphatic rings. The second-order valence-corrected chi connectivity index (χ2v) is 5.88. The van der Waals surface area contributed by atoms with Gasteiger partial charge in [-0.25, -0.2) is 0 Å². The van der Waals surface area contributed by atoms with Gasteiger partial charge in [0.05, 0.1) is 0 Å². The summed E-state index contributed by atoms with van der Waals surface area (Å²) >= 11 is 0. The Morgan fingerprint density at radius 3 is 2.50 bits per heavy atom. The van der Waals surface area contributed by atoms with Crippen LogP contribution in [-0.2, 0) is 4.79 Å². The summed E-state index contributed by atoms with van der Waals surface area (Å²) in [6.07, 6.45) is 0.950. The summed E-state index contributed by atoms with van der Waals surface area (Å²) in [6.45, 7) is 0. The lowest BCUT2D eigenvalue weighted by Crippen LogP contribution is -2.17. The van der Waals surface area contributed by atoms with E-state index < -0.39 is 6.36 Å². The number of hydrogen-bond donors (Lipinski definition) is 0. The molecule has 2 nitrogen and oxygen atoms in total. The van der Waals surface area contributed by atoms with Crippen LogP contribution < -0.4 is 4.74 Å². The summed E-state index contributed by atoms with van der Waals surface area (Å²) in [6, 6.07) is 5.77. The van der Waals surface area contributed by atoms with Gasteiger partial charge in [0.15, 0.2) is 5.78 Å². The molecule has 2 aliphatic carbocycles. The Morgan fingerprint density at radius 2 is 1.82 bits per heavy atom. The highest BCUT2D eigenvalue weighted by molar-refractivity contribution is 6.23. The van der Waals surface area contributed by atoms with Crippen molar-refractivity contribution in [1.29, 1.82) is 0 Å². The maximum Gasteiger partial charge on any atom is 0.573 e. The summed E-state index contributed by atoms with van der Waals surface area (Å²) in [4.78, 5) is 12.2. The van der Waals surface area contributed by atoms with Crippen LogP contribution in [0.3, 0.4) is 0 Å². The van der Waals surface area contributed by atoms with E-state index in [0.717, 1.165) is 37.7 Å². The maximum absolute atomic E-state index is 12.3. The third-order valence-corrected chi connectivity index (χ3v) is 4.43. The van der Waals surface area contributed by atoms with Gasteiger partial charge in [-0.05, 0) is 42.9 Å². The first-order chi connectivity index (χ1) is 10.4. The fourth-order valence-electron chi connectivity index (χ4n) is 3.55. The molecular formula is C17H17F3O2. The molecule has 0 aromatic heterocycles. The van der Waals surface area contributed by atoms with Crippen molar-refractivity contribution < 1.29 is 22.7 Å². The van der Waals surface area contributed by atoms with E-state index in [-0.39, 0.29) is 11.5 Å². The van der Waals surface area contributed by atoms with Gasteiger partial charge >= 0.3 is 6.36 Å². The minimum absolute atomic E-state index is 0.0334. The summed E-state index contributed by atoms with van der Waals surface area (Å²) in [7, 11) is 0. The van der Waals surface area contributed by atoms with Crippen molar-refractivity contribution >= 4 is 11.4 Å². The zero-order chi connectivity index (χ0) is 15.7. The highest BCUT2D eigenvalue weighted by atomic mass is 19.4. The largest absolute Gasteiger partial charge is 0.573 e. The second kappa shape index (κ2) is 5.78. The fraction of sp³-hybridized carbons (Fsp3) is 0.471. The number of Topliss-reactive ketones (excluding diaryl/α,β-unsaturated/α-hetero) is 1. The van der Waals surface area contributed by atoms with E-state index in [1.165, 1.54) is 18.2 Å². The summed E-state index contributed by atoms with van der Waals surface area (Å²) < 4.78 is 41.0. The van der Waals surface area contributed by atoms with Gasteiger partial charge in [-0.1, -0.05) is 30.5 Å². The molecule has 3 rings (SSSR count). The number of carbonyl (C=O) groups is 1. The zero-order valence-electron chi connectivity index (χ0n) is 12.1. The van der Waals surface area contributed by atoms with Crippen molar-refractivity contribution in [3.8, 4) is 5.75 Å². The molecule has 0 N–H and O–H groups in total. The predicted octanol–water partition coefficient (Wildman–Crippen LogP) is 4.89. The third kappa shape index (κ3) is 3.18. The first-order valence-electron chi connectivity index (χ1n) is 7.56. The quantitative estimate of drug-likeness (QED) is 0.794. The number of ketones is 1. The number of hydrogen-bond acceptors (Lipinski definition) is 2. The molecule has 0 saturated heterocycles. The third-order valence-electron chi connectivity index (χ3n) is 4.43. The van der Waals surface area contributed by atoms with Crippen LogP contribution in [0.15, 0.2) is 29.8 Å². The first kappa shape index (κ1) is 15.1. The molecule has 0 spiro atoms. The lowest BCUT2D eigenvalue weighted by atomic mass is 9.91. The van der Waals surface area contributed by atoms with Crippen molar-refractivity contribution in [3.63, 3.8) is 0 Å². The Hall–Kier alpha value is -1.78. The maximum atomic E-state index is 12.3. The Kier molecular flexibility index (Phi) is 3.98. The average molecular weight is 310 g/mol. The molecule has 0 amide bonds. The smallest absolute Gasteiger partial charge is 0.406 e. The van der Waals surface area contributed by atoms with Gasteiger partial charge in [0, 0.05) is 12.0 Å². The lowest BCUT2D eigenvalue weighted by molar-refractivity contribution is -0.274. The number of alkyl halides is 3. The number of ether oxygens (including phenoxy) is 1. The van der Waals surface area contributed by atoms with Gasteiger partial charge in [-0.3, -0.25) is 4.79 Å². The molecule has 0 unspecified atom stereocenters. The molecule has 22 heavy (non-hydrogen) atoms. The predicted molar refractivity (Wildman–Crippen MR) is 76.2 cm³/mol. The standard InChI is InChI=1S/C17H17F3O2/c18-17(19,20)22-13-7-3-6-12(10-13)16-14(8-9-15(16)21)11-4-1-2-5-11/h3,6-7,10-11H,1-2,4-5,8-9H2. The van der Waals surface area contributed by atoms with Crippen LogP contribution in [0.5, 0.6) is 5.75 Å². The fourth-order valence-corrected chi connectivity index (χ4v) is 3.55. The summed E-state index contributed by atoms with van der Waals surface area (Å²) in [5.74, 6) is 0.169. The van der Waals surface area contributed by atoms with E-state index >= 15 is 0 Å². The SMILES string of the molecule is O=C1CCC(C2CCCC2)=C1c1cccc(OC(F)(F)F)c1. The molecule has 0 bridgehead atoms. The van der Waals surface area contributed by atoms with Crippen LogP contribution in [0.25, 0.3) is 5.57 Å². The minimum Gasteiger partial charge on any atom is -0.406 e. The van der Waals surface area contributed by atoms with E-state index in [1.807, 2.05) is 0 Å². The molecule has 1 aromatic carbocycles. The van der Waals surface area contributed by atoms with Gasteiger partial charge in [0.1, 0.15) is 5.75 Å². The summed E-state index contributed by atoms with van der Waals surface area (Å²) in [5, 5.41) is 0. The van der Waals surface area contributed by atoms with Crippen LogP contribution >= 0.6 is 0 Å². The molecule has 0 heterocycles. The molecule has 0 radical (unpaired) electrons. The number of benzene rings is 1. The van der Waals surface area contributed by atoms with Crippen molar-refractivity contribution in [2.45, 2.75) is 44.9 Å². The topological polar surface area (TPSA) is 26.3 Å². The monoisotopic (exact) mass is 310 g/mol. The van der Waals surface area contributed by atoms with Gasteiger partial charge in [0.2, 0.25) is 0 Å². The van der Waals surface area contributed by atoms with Gasteiger partial charge in [-0.15, -0.1) is 13.2 Å². The highest BCUT2D eigenvalue weighted by Gasteiger charge is 2.33. The second-order valence-electron chi connectivity index (χ2n) is 5.88. The Labute approximate surface area is 127 Å². The Morgan fingerprint density at radius 1 is 1.09 bits per heavy atom. The van der Waals surface area contributed by atoms with E-state index in [1.54, 1.807) is 6.07 Å². The van der Waals surface area contributed by atoms with E-state index in [4.69, 9.17) is 0 Å². The molecule has 0 aliphatic heterocycles. The average Bonchev–Trinajstić information content (AvgIpc) is 3.05. The van der Waals surface area contributed by atoms with E-state index in [0.29, 0.717) is 23.5 Å². The number of allylic oxidation sites excluding steroid dienone is 2. The number of rotatable bonds is 3. The minimum atomic E-state index is -4.72. The zero-order valence-corrected chi connectivity index (χ0v) is 12.1. The molecule has 118 valence electrons. The lowest BCUT2D eigenvalue weighted by Gasteiger charge is -2.14. The van der Waals surface area contributed by atoms with Crippen LogP contribution in [0, 0.1) is 5.92 Å². The molecule has 1 saturated carbocycles. The highest BCUT2D eigenvalue weighted by Crippen LogP contribution is 2.42. The normalized spacial score (nSPS) is 20.0. The van der Waals surface area contributed by atoms with Crippen LogP contribution in [-0.4, -0.2) is 12.1 Å². The molecule has 1 aromatic rings. The van der Waals surface area contributed by atoms with Crippen molar-refractivity contribution in [3.05, 3.63) is 35.4 Å². The summed E-state index contributed by atoms with van der Waals surface area (Å²) in [5.41, 5.74) is 2.30. The molecular weight excluding hydrogens is 293 g/mol. The molecule has 5 heteroatoms. The number of halogens is 3. The van der Waals surface area contributed by atoms with Crippen LogP contribution in [0.2, 0.25) is 0 Å². The Balaban J connectivity index is 1.95. The van der Waals surface area contributed by atoms with Crippen molar-refractivity contribution in [1.82, 2.24) is 0 Å². The van der Waals surface area contributed by atoms with Gasteiger partial charge in [-0.2, -0.15) is 0 Å². The van der Waals surface area contributed by atoms with Crippen LogP contribution in [0.1, 0.15) is 44.1 Å².